The first-order valence-corrected chi connectivity index (χ1v) is 6.11. The summed E-state index contributed by atoms with van der Waals surface area (Å²) >= 11 is 0. The summed E-state index contributed by atoms with van der Waals surface area (Å²) in [4.78, 5) is 4.21. The van der Waals surface area contributed by atoms with Gasteiger partial charge in [0.1, 0.15) is 0 Å². The summed E-state index contributed by atoms with van der Waals surface area (Å²) in [5.41, 5.74) is 0. The molecule has 0 aliphatic carbocycles. The first kappa shape index (κ1) is 13.9. The molecule has 86 valence electrons. The van der Waals surface area contributed by atoms with Crippen molar-refractivity contribution in [1.29, 1.82) is 0 Å². The van der Waals surface area contributed by atoms with Crippen LogP contribution in [-0.2, 0) is 4.89 Å². The molecule has 0 saturated carbocycles. The molecule has 14 heavy (non-hydrogen) atoms. The highest BCUT2D eigenvalue weighted by molar-refractivity contribution is 4.50. The minimum absolute atomic E-state index is 0.00934. The van der Waals surface area contributed by atoms with E-state index in [9.17, 15) is 0 Å². The predicted molar refractivity (Wildman–Crippen MR) is 60.4 cm³/mol. The second kappa shape index (κ2) is 11.0. The Balaban J connectivity index is 2.92. The van der Waals surface area contributed by atoms with Gasteiger partial charge in [0, 0.05) is 0 Å². The monoisotopic (exact) mass is 202 g/mol. The second-order valence-corrected chi connectivity index (χ2v) is 4.18. The average molecular weight is 202 g/mol. The van der Waals surface area contributed by atoms with Gasteiger partial charge in [0.25, 0.3) is 0 Å². The SMILES string of the molecule is CCCCCCCCCCC(C)OO. The quantitative estimate of drug-likeness (QED) is 0.323. The Morgan fingerprint density at radius 3 is 1.93 bits per heavy atom. The molecule has 1 atom stereocenters. The highest BCUT2D eigenvalue weighted by Gasteiger charge is 1.99. The Hall–Kier alpha value is -0.0800. The van der Waals surface area contributed by atoms with Gasteiger partial charge in [0.15, 0.2) is 0 Å². The zero-order valence-corrected chi connectivity index (χ0v) is 9.80. The molecule has 2 heteroatoms. The van der Waals surface area contributed by atoms with Gasteiger partial charge < -0.3 is 0 Å². The fourth-order valence-electron chi connectivity index (χ4n) is 1.62. The molecule has 0 aromatic carbocycles. The Bertz CT molecular complexity index is 104. The van der Waals surface area contributed by atoms with Crippen LogP contribution in [0.3, 0.4) is 0 Å². The Morgan fingerprint density at radius 2 is 1.43 bits per heavy atom. The zero-order valence-electron chi connectivity index (χ0n) is 9.80. The molecule has 0 rings (SSSR count). The van der Waals surface area contributed by atoms with Gasteiger partial charge in [-0.25, -0.2) is 4.89 Å². The zero-order chi connectivity index (χ0) is 10.6. The lowest BCUT2D eigenvalue weighted by atomic mass is 10.1. The Labute approximate surface area is 88.6 Å². The van der Waals surface area contributed by atoms with Crippen molar-refractivity contribution < 1.29 is 10.1 Å². The smallest absolute Gasteiger partial charge is 0.0899 e. The maximum atomic E-state index is 8.33. The third-order valence-corrected chi connectivity index (χ3v) is 2.64. The van der Waals surface area contributed by atoms with Crippen molar-refractivity contribution in [2.75, 3.05) is 0 Å². The first-order chi connectivity index (χ1) is 6.81. The van der Waals surface area contributed by atoms with Crippen LogP contribution in [0.4, 0.5) is 0 Å². The summed E-state index contributed by atoms with van der Waals surface area (Å²) in [7, 11) is 0. The maximum absolute atomic E-state index is 8.33. The Kier molecular flexibility index (Phi) is 10.9. The van der Waals surface area contributed by atoms with Crippen molar-refractivity contribution in [3.63, 3.8) is 0 Å². The van der Waals surface area contributed by atoms with Crippen LogP contribution in [0.15, 0.2) is 0 Å². The largest absolute Gasteiger partial charge is 0.252 e. The van der Waals surface area contributed by atoms with E-state index < -0.39 is 0 Å². The molecule has 0 fully saturated rings. The van der Waals surface area contributed by atoms with E-state index in [0.29, 0.717) is 0 Å². The Morgan fingerprint density at radius 1 is 0.929 bits per heavy atom. The lowest BCUT2D eigenvalue weighted by Gasteiger charge is -2.06. The molecule has 0 aliphatic rings. The summed E-state index contributed by atoms with van der Waals surface area (Å²) in [5, 5.41) is 8.33. The summed E-state index contributed by atoms with van der Waals surface area (Å²) in [6.45, 7) is 4.15. The molecule has 0 bridgehead atoms. The molecule has 0 heterocycles. The molecule has 0 amide bonds. The number of hydrogen-bond acceptors (Lipinski definition) is 2. The van der Waals surface area contributed by atoms with Gasteiger partial charge in [0.05, 0.1) is 6.10 Å². The summed E-state index contributed by atoms with van der Waals surface area (Å²) < 4.78 is 0. The van der Waals surface area contributed by atoms with Crippen molar-refractivity contribution in [1.82, 2.24) is 0 Å². The predicted octanol–water partition coefficient (Wildman–Crippen LogP) is 4.40. The van der Waals surface area contributed by atoms with Crippen LogP contribution >= 0.6 is 0 Å². The van der Waals surface area contributed by atoms with Gasteiger partial charge in [0.2, 0.25) is 0 Å². The molecule has 0 saturated heterocycles. The molecule has 0 spiro atoms. The topological polar surface area (TPSA) is 29.5 Å². The highest BCUT2D eigenvalue weighted by Crippen LogP contribution is 2.11. The van der Waals surface area contributed by atoms with Gasteiger partial charge in [-0.2, -0.15) is 0 Å². The highest BCUT2D eigenvalue weighted by atomic mass is 17.1. The van der Waals surface area contributed by atoms with Crippen LogP contribution in [0.1, 0.15) is 71.6 Å². The number of unbranched alkanes of at least 4 members (excludes halogenated alkanes) is 7. The van der Waals surface area contributed by atoms with Gasteiger partial charge in [-0.15, -0.1) is 0 Å². The first-order valence-electron chi connectivity index (χ1n) is 6.11. The summed E-state index contributed by atoms with van der Waals surface area (Å²) in [6.07, 6.45) is 11.6. The van der Waals surface area contributed by atoms with Crippen LogP contribution in [0.25, 0.3) is 0 Å². The van der Waals surface area contributed by atoms with Crippen molar-refractivity contribution in [3.05, 3.63) is 0 Å². The standard InChI is InChI=1S/C12H26O2/c1-3-4-5-6-7-8-9-10-11-12(2)14-13/h12-13H,3-11H2,1-2H3. The number of hydrogen-bond donors (Lipinski definition) is 1. The van der Waals surface area contributed by atoms with E-state index in [1.165, 1.54) is 51.4 Å². The normalized spacial score (nSPS) is 13.1. The third kappa shape index (κ3) is 10.0. The molecule has 0 aliphatic heterocycles. The fourth-order valence-corrected chi connectivity index (χ4v) is 1.62. The van der Waals surface area contributed by atoms with Crippen molar-refractivity contribution in [2.45, 2.75) is 77.7 Å². The van der Waals surface area contributed by atoms with Crippen LogP contribution in [-0.4, -0.2) is 11.4 Å². The lowest BCUT2D eigenvalue weighted by molar-refractivity contribution is -0.275. The van der Waals surface area contributed by atoms with E-state index in [-0.39, 0.29) is 6.10 Å². The molecule has 0 aromatic heterocycles. The van der Waals surface area contributed by atoms with Crippen LogP contribution in [0.2, 0.25) is 0 Å². The molecular weight excluding hydrogens is 176 g/mol. The van der Waals surface area contributed by atoms with Gasteiger partial charge in [-0.1, -0.05) is 58.3 Å². The lowest BCUT2D eigenvalue weighted by Crippen LogP contribution is -2.04. The van der Waals surface area contributed by atoms with E-state index in [1.807, 2.05) is 6.92 Å². The summed E-state index contributed by atoms with van der Waals surface area (Å²) in [5.74, 6) is 0. The third-order valence-electron chi connectivity index (χ3n) is 2.64. The molecule has 2 nitrogen and oxygen atoms in total. The number of rotatable bonds is 10. The molecular formula is C12H26O2. The van der Waals surface area contributed by atoms with E-state index in [1.54, 1.807) is 0 Å². The summed E-state index contributed by atoms with van der Waals surface area (Å²) in [6, 6.07) is 0. The second-order valence-electron chi connectivity index (χ2n) is 4.18. The average Bonchev–Trinajstić information content (AvgIpc) is 2.21. The maximum Gasteiger partial charge on any atom is 0.0899 e. The van der Waals surface area contributed by atoms with E-state index >= 15 is 0 Å². The minimum atomic E-state index is 0.00934. The van der Waals surface area contributed by atoms with Gasteiger partial charge in [-0.05, 0) is 13.3 Å². The minimum Gasteiger partial charge on any atom is -0.252 e. The van der Waals surface area contributed by atoms with Crippen LogP contribution in [0, 0.1) is 0 Å². The van der Waals surface area contributed by atoms with Crippen LogP contribution in [0.5, 0.6) is 0 Å². The fraction of sp³-hybridized carbons (Fsp3) is 1.00. The van der Waals surface area contributed by atoms with Crippen LogP contribution < -0.4 is 0 Å². The van der Waals surface area contributed by atoms with E-state index in [2.05, 4.69) is 11.8 Å². The molecule has 1 N–H and O–H groups in total. The van der Waals surface area contributed by atoms with Gasteiger partial charge >= 0.3 is 0 Å². The van der Waals surface area contributed by atoms with Crippen molar-refractivity contribution in [3.8, 4) is 0 Å². The van der Waals surface area contributed by atoms with Gasteiger partial charge in [-0.3, -0.25) is 5.26 Å². The molecule has 0 aromatic rings. The van der Waals surface area contributed by atoms with E-state index in [4.69, 9.17) is 5.26 Å². The van der Waals surface area contributed by atoms with E-state index in [0.717, 1.165) is 6.42 Å². The van der Waals surface area contributed by atoms with Crippen molar-refractivity contribution in [2.24, 2.45) is 0 Å². The molecule has 0 radical (unpaired) electrons. The molecule has 1 unspecified atom stereocenters. The van der Waals surface area contributed by atoms with Crippen molar-refractivity contribution >= 4 is 0 Å².